The van der Waals surface area contributed by atoms with Crippen molar-refractivity contribution in [3.63, 3.8) is 0 Å². The molecule has 1 N–H and O–H groups in total. The Morgan fingerprint density at radius 2 is 1.44 bits per heavy atom. The van der Waals surface area contributed by atoms with E-state index in [1.54, 1.807) is 43.5 Å². The highest BCUT2D eigenvalue weighted by atomic mass is 16.5. The molecule has 0 saturated carbocycles. The number of hydrogen-bond donors (Lipinski definition) is 1. The minimum atomic E-state index is -0.313. The molecule has 0 atom stereocenters. The number of methoxy groups -OCH3 is 5. The summed E-state index contributed by atoms with van der Waals surface area (Å²) in [4.78, 5) is 12.3. The van der Waals surface area contributed by atoms with Gasteiger partial charge in [-0.05, 0) is 35.9 Å². The van der Waals surface area contributed by atoms with Crippen LogP contribution in [0, 0.1) is 0 Å². The van der Waals surface area contributed by atoms with Crippen molar-refractivity contribution in [3.05, 3.63) is 42.0 Å². The fraction of sp³-hybridized carbons (Fsp3) is 0.250. The summed E-state index contributed by atoms with van der Waals surface area (Å²) in [5.74, 6) is 2.33. The molecule has 27 heavy (non-hydrogen) atoms. The number of hydrogen-bond acceptors (Lipinski definition) is 6. The fourth-order valence-electron chi connectivity index (χ4n) is 2.45. The molecule has 0 radical (unpaired) electrons. The molecule has 2 rings (SSSR count). The Kier molecular flexibility index (Phi) is 6.93. The first-order valence-corrected chi connectivity index (χ1v) is 8.07. The number of nitrogens with one attached hydrogen (secondary N) is 1. The normalized spacial score (nSPS) is 10.4. The van der Waals surface area contributed by atoms with Crippen molar-refractivity contribution in [2.24, 2.45) is 0 Å². The quantitative estimate of drug-likeness (QED) is 0.715. The van der Waals surface area contributed by atoms with Crippen molar-refractivity contribution >= 4 is 17.7 Å². The third-order valence-electron chi connectivity index (χ3n) is 3.78. The van der Waals surface area contributed by atoms with Crippen LogP contribution in [0.4, 0.5) is 5.69 Å². The zero-order valence-electron chi connectivity index (χ0n) is 16.0. The molecule has 7 nitrogen and oxygen atoms in total. The van der Waals surface area contributed by atoms with Gasteiger partial charge in [-0.1, -0.05) is 0 Å². The summed E-state index contributed by atoms with van der Waals surface area (Å²) in [5.41, 5.74) is 1.26. The summed E-state index contributed by atoms with van der Waals surface area (Å²) in [5, 5.41) is 2.77. The summed E-state index contributed by atoms with van der Waals surface area (Å²) in [6.45, 7) is 0. The summed E-state index contributed by atoms with van der Waals surface area (Å²) in [6.07, 6.45) is 3.06. The fourth-order valence-corrected chi connectivity index (χ4v) is 2.45. The molecular weight excluding hydrogens is 350 g/mol. The first-order valence-electron chi connectivity index (χ1n) is 8.07. The van der Waals surface area contributed by atoms with Crippen LogP contribution in [-0.4, -0.2) is 41.5 Å². The summed E-state index contributed by atoms with van der Waals surface area (Å²) < 4.78 is 26.3. The molecule has 0 spiro atoms. The Hall–Kier alpha value is -3.35. The Balaban J connectivity index is 2.20. The second-order valence-electron chi connectivity index (χ2n) is 5.35. The highest BCUT2D eigenvalue weighted by molar-refractivity contribution is 6.02. The number of rotatable bonds is 8. The zero-order valence-corrected chi connectivity index (χ0v) is 16.0. The van der Waals surface area contributed by atoms with Crippen molar-refractivity contribution in [2.75, 3.05) is 40.9 Å². The van der Waals surface area contributed by atoms with Gasteiger partial charge in [-0.3, -0.25) is 4.79 Å². The third kappa shape index (κ3) is 4.84. The number of amides is 1. The van der Waals surface area contributed by atoms with Crippen LogP contribution in [-0.2, 0) is 4.79 Å². The van der Waals surface area contributed by atoms with Crippen molar-refractivity contribution in [1.82, 2.24) is 0 Å². The minimum absolute atomic E-state index is 0.313. The standard InChI is InChI=1S/C20H23NO6/c1-23-14-7-8-15(16(12-14)24-2)21-19(22)9-6-13-10-17(25-3)20(27-5)18(11-13)26-4/h6-12H,1-5H3,(H,21,22)/b9-6+. The lowest BCUT2D eigenvalue weighted by Gasteiger charge is -2.13. The molecule has 1 amide bonds. The molecule has 0 aliphatic rings. The molecular formula is C20H23NO6. The largest absolute Gasteiger partial charge is 0.497 e. The lowest BCUT2D eigenvalue weighted by Crippen LogP contribution is -2.09. The highest BCUT2D eigenvalue weighted by Gasteiger charge is 2.12. The molecule has 0 unspecified atom stereocenters. The second-order valence-corrected chi connectivity index (χ2v) is 5.35. The van der Waals surface area contributed by atoms with Gasteiger partial charge in [-0.15, -0.1) is 0 Å². The van der Waals surface area contributed by atoms with Gasteiger partial charge in [0.25, 0.3) is 0 Å². The van der Waals surface area contributed by atoms with Crippen molar-refractivity contribution in [3.8, 4) is 28.7 Å². The van der Waals surface area contributed by atoms with Crippen LogP contribution in [0.5, 0.6) is 28.7 Å². The van der Waals surface area contributed by atoms with Gasteiger partial charge in [-0.2, -0.15) is 0 Å². The second kappa shape index (κ2) is 9.38. The van der Waals surface area contributed by atoms with E-state index in [9.17, 15) is 4.79 Å². The predicted molar refractivity (Wildman–Crippen MR) is 103 cm³/mol. The number of carbonyl (C=O) groups is 1. The van der Waals surface area contributed by atoms with E-state index in [1.807, 2.05) is 0 Å². The average Bonchev–Trinajstić information content (AvgIpc) is 2.71. The predicted octanol–water partition coefficient (Wildman–Crippen LogP) is 3.38. The first-order chi connectivity index (χ1) is 13.1. The van der Waals surface area contributed by atoms with Crippen LogP contribution in [0.15, 0.2) is 36.4 Å². The Labute approximate surface area is 158 Å². The van der Waals surface area contributed by atoms with E-state index < -0.39 is 0 Å². The van der Waals surface area contributed by atoms with E-state index in [2.05, 4.69) is 5.32 Å². The molecule has 0 fully saturated rings. The lowest BCUT2D eigenvalue weighted by atomic mass is 10.1. The van der Waals surface area contributed by atoms with Gasteiger partial charge >= 0.3 is 0 Å². The highest BCUT2D eigenvalue weighted by Crippen LogP contribution is 2.38. The van der Waals surface area contributed by atoms with Crippen LogP contribution in [0.2, 0.25) is 0 Å². The van der Waals surface area contributed by atoms with Crippen LogP contribution >= 0.6 is 0 Å². The molecule has 0 heterocycles. The van der Waals surface area contributed by atoms with E-state index in [4.69, 9.17) is 23.7 Å². The van der Waals surface area contributed by atoms with Crippen molar-refractivity contribution in [2.45, 2.75) is 0 Å². The van der Waals surface area contributed by atoms with Crippen LogP contribution in [0.25, 0.3) is 6.08 Å². The maximum Gasteiger partial charge on any atom is 0.248 e. The Morgan fingerprint density at radius 1 is 0.815 bits per heavy atom. The van der Waals surface area contributed by atoms with Gasteiger partial charge in [-0.25, -0.2) is 0 Å². The van der Waals surface area contributed by atoms with Crippen LogP contribution in [0.3, 0.4) is 0 Å². The number of ether oxygens (including phenoxy) is 5. The van der Waals surface area contributed by atoms with Gasteiger partial charge in [0, 0.05) is 12.1 Å². The lowest BCUT2D eigenvalue weighted by molar-refractivity contribution is -0.111. The maximum absolute atomic E-state index is 12.3. The molecule has 7 heteroatoms. The number of carbonyl (C=O) groups excluding carboxylic acids is 1. The van der Waals surface area contributed by atoms with E-state index in [1.165, 1.54) is 34.5 Å². The van der Waals surface area contributed by atoms with Crippen LogP contribution < -0.4 is 29.0 Å². The topological polar surface area (TPSA) is 75.3 Å². The van der Waals surface area contributed by atoms with Gasteiger partial charge < -0.3 is 29.0 Å². The smallest absolute Gasteiger partial charge is 0.248 e. The third-order valence-corrected chi connectivity index (χ3v) is 3.78. The SMILES string of the molecule is COc1ccc(NC(=O)/C=C/c2cc(OC)c(OC)c(OC)c2)c(OC)c1. The molecule has 0 bridgehead atoms. The molecule has 0 aliphatic heterocycles. The molecule has 144 valence electrons. The van der Waals surface area contributed by atoms with Gasteiger partial charge in [0.1, 0.15) is 11.5 Å². The molecule has 0 aliphatic carbocycles. The van der Waals surface area contributed by atoms with Gasteiger partial charge in [0.15, 0.2) is 11.5 Å². The van der Waals surface area contributed by atoms with Crippen molar-refractivity contribution in [1.29, 1.82) is 0 Å². The number of anilines is 1. The molecule has 2 aromatic rings. The van der Waals surface area contributed by atoms with E-state index in [-0.39, 0.29) is 5.91 Å². The van der Waals surface area contributed by atoms with E-state index >= 15 is 0 Å². The summed E-state index contributed by atoms with van der Waals surface area (Å²) in [7, 11) is 7.69. The average molecular weight is 373 g/mol. The summed E-state index contributed by atoms with van der Waals surface area (Å²) in [6, 6.07) is 8.64. The van der Waals surface area contributed by atoms with E-state index in [0.717, 1.165) is 5.56 Å². The molecule has 0 saturated heterocycles. The van der Waals surface area contributed by atoms with Gasteiger partial charge in [0.05, 0.1) is 41.2 Å². The molecule has 2 aromatic carbocycles. The van der Waals surface area contributed by atoms with Crippen LogP contribution in [0.1, 0.15) is 5.56 Å². The van der Waals surface area contributed by atoms with E-state index in [0.29, 0.717) is 34.4 Å². The zero-order chi connectivity index (χ0) is 19.8. The monoisotopic (exact) mass is 373 g/mol. The minimum Gasteiger partial charge on any atom is -0.497 e. The summed E-state index contributed by atoms with van der Waals surface area (Å²) >= 11 is 0. The Morgan fingerprint density at radius 3 is 1.96 bits per heavy atom. The van der Waals surface area contributed by atoms with Gasteiger partial charge in [0.2, 0.25) is 11.7 Å². The molecule has 0 aromatic heterocycles. The van der Waals surface area contributed by atoms with Crippen molar-refractivity contribution < 1.29 is 28.5 Å². The Bertz CT molecular complexity index is 806. The maximum atomic E-state index is 12.3. The first kappa shape index (κ1) is 20.0. The number of benzene rings is 2.